The van der Waals surface area contributed by atoms with Gasteiger partial charge in [0, 0.05) is 12.1 Å². The third kappa shape index (κ3) is 2.80. The maximum Gasteiger partial charge on any atom is 0.261 e. The van der Waals surface area contributed by atoms with Crippen molar-refractivity contribution in [1.82, 2.24) is 4.90 Å². The van der Waals surface area contributed by atoms with Gasteiger partial charge in [-0.2, -0.15) is 0 Å². The molecular weight excluding hydrogens is 380 g/mol. The topological polar surface area (TPSA) is 91.8 Å². The van der Waals surface area contributed by atoms with Gasteiger partial charge in [0.25, 0.3) is 11.8 Å². The smallest absolute Gasteiger partial charge is 0.261 e. The fraction of sp³-hybridized carbons (Fsp3) is 0.250. The highest BCUT2D eigenvalue weighted by Crippen LogP contribution is 2.31. The average molecular weight is 398 g/mol. The summed E-state index contributed by atoms with van der Waals surface area (Å²) in [5.41, 5.74) is 2.31. The molecule has 4 rings (SSSR count). The first-order chi connectivity index (χ1) is 13.3. The molecule has 0 N–H and O–H groups in total. The lowest BCUT2D eigenvalue weighted by atomic mass is 10.0. The van der Waals surface area contributed by atoms with Crippen LogP contribution in [0.5, 0.6) is 0 Å². The number of hydrogen-bond donors (Lipinski definition) is 0. The molecule has 2 aromatic rings. The van der Waals surface area contributed by atoms with E-state index in [1.54, 1.807) is 49.4 Å². The Morgan fingerprint density at radius 1 is 1.04 bits per heavy atom. The van der Waals surface area contributed by atoms with Gasteiger partial charge in [-0.3, -0.25) is 23.6 Å². The molecule has 0 aliphatic carbocycles. The van der Waals surface area contributed by atoms with Crippen LogP contribution < -0.4 is 4.31 Å². The van der Waals surface area contributed by atoms with Crippen molar-refractivity contribution in [2.24, 2.45) is 0 Å². The summed E-state index contributed by atoms with van der Waals surface area (Å²) in [4.78, 5) is 38.5. The number of carbonyl (C=O) groups is 3. The number of amides is 2. The highest BCUT2D eigenvalue weighted by Gasteiger charge is 2.36. The first-order valence-electron chi connectivity index (χ1n) is 8.95. The molecule has 28 heavy (non-hydrogen) atoms. The number of imide groups is 1. The number of benzene rings is 2. The second-order valence-electron chi connectivity index (χ2n) is 6.73. The fourth-order valence-corrected chi connectivity index (χ4v) is 4.77. The van der Waals surface area contributed by atoms with E-state index in [4.69, 9.17) is 0 Å². The summed E-state index contributed by atoms with van der Waals surface area (Å²) in [6.07, 6.45) is 0.517. The van der Waals surface area contributed by atoms with Gasteiger partial charge < -0.3 is 0 Å². The molecule has 2 aliphatic heterocycles. The van der Waals surface area contributed by atoms with E-state index in [1.165, 1.54) is 4.31 Å². The Labute approximate surface area is 162 Å². The lowest BCUT2D eigenvalue weighted by Gasteiger charge is -2.18. The maximum atomic E-state index is 12.7. The van der Waals surface area contributed by atoms with Gasteiger partial charge in [0.1, 0.15) is 0 Å². The van der Waals surface area contributed by atoms with Gasteiger partial charge in [0.15, 0.2) is 5.78 Å². The highest BCUT2D eigenvalue weighted by atomic mass is 32.2. The molecule has 2 heterocycles. The number of ketones is 1. The van der Waals surface area contributed by atoms with E-state index in [0.717, 1.165) is 10.5 Å². The molecule has 2 aliphatic rings. The average Bonchev–Trinajstić information content (AvgIpc) is 3.23. The number of fused-ring (bicyclic) bond motifs is 2. The second-order valence-corrected chi connectivity index (χ2v) is 8.91. The summed E-state index contributed by atoms with van der Waals surface area (Å²) in [5, 5.41) is 0. The molecular formula is C20H18N2O5S. The number of nitrogens with zero attached hydrogens (tertiary/aromatic N) is 2. The first-order valence-corrected chi connectivity index (χ1v) is 10.6. The third-order valence-electron chi connectivity index (χ3n) is 5.13. The second kappa shape index (κ2) is 6.56. The number of anilines is 1. The molecule has 0 spiro atoms. The molecule has 0 bridgehead atoms. The van der Waals surface area contributed by atoms with Gasteiger partial charge in [-0.25, -0.2) is 8.42 Å². The Morgan fingerprint density at radius 3 is 2.29 bits per heavy atom. The van der Waals surface area contributed by atoms with E-state index in [2.05, 4.69) is 0 Å². The van der Waals surface area contributed by atoms with E-state index < -0.39 is 21.8 Å². The summed E-state index contributed by atoms with van der Waals surface area (Å²) >= 11 is 0. The number of sulfonamides is 1. The summed E-state index contributed by atoms with van der Waals surface area (Å²) in [6, 6.07) is 11.3. The van der Waals surface area contributed by atoms with Gasteiger partial charge in [-0.15, -0.1) is 0 Å². The molecule has 0 fully saturated rings. The number of hydrogen-bond acceptors (Lipinski definition) is 5. The van der Waals surface area contributed by atoms with E-state index in [1.807, 2.05) is 0 Å². The van der Waals surface area contributed by atoms with E-state index >= 15 is 0 Å². The largest absolute Gasteiger partial charge is 0.292 e. The van der Waals surface area contributed by atoms with Crippen molar-refractivity contribution in [2.45, 2.75) is 13.3 Å². The summed E-state index contributed by atoms with van der Waals surface area (Å²) < 4.78 is 25.7. The van der Waals surface area contributed by atoms with E-state index in [9.17, 15) is 22.8 Å². The zero-order valence-electron chi connectivity index (χ0n) is 15.2. The van der Waals surface area contributed by atoms with Crippen LogP contribution in [0.15, 0.2) is 42.5 Å². The minimum absolute atomic E-state index is 0.00681. The molecule has 0 unspecified atom stereocenters. The minimum Gasteiger partial charge on any atom is -0.292 e. The fourth-order valence-electron chi connectivity index (χ4n) is 3.61. The Kier molecular flexibility index (Phi) is 4.30. The predicted octanol–water partition coefficient (Wildman–Crippen LogP) is 1.88. The monoisotopic (exact) mass is 398 g/mol. The Morgan fingerprint density at radius 2 is 1.68 bits per heavy atom. The third-order valence-corrected chi connectivity index (χ3v) is 6.92. The van der Waals surface area contributed by atoms with Crippen LogP contribution in [0.1, 0.15) is 43.6 Å². The van der Waals surface area contributed by atoms with Gasteiger partial charge >= 0.3 is 0 Å². The van der Waals surface area contributed by atoms with Crippen LogP contribution in [-0.2, 0) is 16.4 Å². The minimum atomic E-state index is -3.36. The number of Topliss-reactive ketones (excluding diaryl/α,β-unsaturated/α-hetero) is 1. The van der Waals surface area contributed by atoms with Gasteiger partial charge in [0.2, 0.25) is 10.0 Å². The van der Waals surface area contributed by atoms with Crippen LogP contribution in [-0.4, -0.2) is 49.8 Å². The van der Waals surface area contributed by atoms with Crippen LogP contribution in [0.2, 0.25) is 0 Å². The van der Waals surface area contributed by atoms with Crippen molar-refractivity contribution in [3.63, 3.8) is 0 Å². The molecule has 0 atom stereocenters. The van der Waals surface area contributed by atoms with Gasteiger partial charge in [0.05, 0.1) is 29.1 Å². The lowest BCUT2D eigenvalue weighted by molar-refractivity contribution is 0.0624. The molecule has 144 valence electrons. The van der Waals surface area contributed by atoms with Gasteiger partial charge in [-0.1, -0.05) is 12.1 Å². The van der Waals surface area contributed by atoms with Crippen LogP contribution in [0.25, 0.3) is 0 Å². The van der Waals surface area contributed by atoms with Crippen LogP contribution in [0.4, 0.5) is 5.69 Å². The van der Waals surface area contributed by atoms with Crippen molar-refractivity contribution in [3.05, 3.63) is 64.7 Å². The molecule has 8 heteroatoms. The van der Waals surface area contributed by atoms with E-state index in [0.29, 0.717) is 35.3 Å². The van der Waals surface area contributed by atoms with Crippen LogP contribution >= 0.6 is 0 Å². The standard InChI is InChI=1S/C20H18N2O5S/c1-2-28(26,27)22-10-9-13-11-14(7-8-17(13)22)18(23)12-21-19(24)15-5-3-4-6-16(15)20(21)25/h3-8,11H,2,9-10,12H2,1H3. The molecule has 0 saturated heterocycles. The maximum absolute atomic E-state index is 12.7. The zero-order chi connectivity index (χ0) is 20.1. The number of carbonyl (C=O) groups excluding carboxylic acids is 3. The van der Waals surface area contributed by atoms with Crippen molar-refractivity contribution in [3.8, 4) is 0 Å². The lowest BCUT2D eigenvalue weighted by Crippen LogP contribution is -2.35. The molecule has 2 amide bonds. The quantitative estimate of drug-likeness (QED) is 0.566. The SMILES string of the molecule is CCS(=O)(=O)N1CCc2cc(C(=O)CN3C(=O)c4ccccc4C3=O)ccc21. The molecule has 0 saturated carbocycles. The molecule has 0 radical (unpaired) electrons. The Bertz CT molecular complexity index is 1090. The first kappa shape index (κ1) is 18.4. The molecule has 2 aromatic carbocycles. The highest BCUT2D eigenvalue weighted by molar-refractivity contribution is 7.92. The van der Waals surface area contributed by atoms with E-state index in [-0.39, 0.29) is 18.1 Å². The number of rotatable bonds is 5. The molecule has 0 aromatic heterocycles. The van der Waals surface area contributed by atoms with Crippen LogP contribution in [0, 0.1) is 0 Å². The van der Waals surface area contributed by atoms with Crippen molar-refractivity contribution < 1.29 is 22.8 Å². The van der Waals surface area contributed by atoms with Crippen LogP contribution in [0.3, 0.4) is 0 Å². The van der Waals surface area contributed by atoms with Crippen molar-refractivity contribution in [2.75, 3.05) is 23.1 Å². The zero-order valence-corrected chi connectivity index (χ0v) is 16.0. The normalized spacial score (nSPS) is 15.8. The predicted molar refractivity (Wildman–Crippen MR) is 103 cm³/mol. The molecule has 7 nitrogen and oxygen atoms in total. The summed E-state index contributed by atoms with van der Waals surface area (Å²) in [5.74, 6) is -1.31. The van der Waals surface area contributed by atoms with Crippen molar-refractivity contribution >= 4 is 33.3 Å². The Hall–Kier alpha value is -3.00. The summed E-state index contributed by atoms with van der Waals surface area (Å²) in [6.45, 7) is 1.59. The van der Waals surface area contributed by atoms with Gasteiger partial charge in [-0.05, 0) is 49.2 Å². The van der Waals surface area contributed by atoms with Crippen molar-refractivity contribution in [1.29, 1.82) is 0 Å². The Balaban J connectivity index is 1.56. The summed E-state index contributed by atoms with van der Waals surface area (Å²) in [7, 11) is -3.36.